The summed E-state index contributed by atoms with van der Waals surface area (Å²) in [5.41, 5.74) is 1.38. The SMILES string of the molecule is Cc1cc(C(=O)N2CCC[C@@H](C(=O)Nc3ccccc3)C2)c(C)o1. The zero-order valence-electron chi connectivity index (χ0n) is 14.0. The molecule has 0 aliphatic carbocycles. The van der Waals surface area contributed by atoms with Crippen molar-refractivity contribution in [3.05, 3.63) is 53.5 Å². The van der Waals surface area contributed by atoms with Crippen molar-refractivity contribution in [3.63, 3.8) is 0 Å². The van der Waals surface area contributed by atoms with Gasteiger partial charge in [-0.2, -0.15) is 0 Å². The molecule has 1 fully saturated rings. The van der Waals surface area contributed by atoms with Gasteiger partial charge < -0.3 is 14.6 Å². The number of rotatable bonds is 3. The van der Waals surface area contributed by atoms with E-state index in [9.17, 15) is 9.59 Å². The first-order valence-corrected chi connectivity index (χ1v) is 8.27. The minimum Gasteiger partial charge on any atom is -0.466 e. The molecule has 0 bridgehead atoms. The normalized spacial score (nSPS) is 17.6. The molecule has 1 aromatic heterocycles. The van der Waals surface area contributed by atoms with E-state index < -0.39 is 0 Å². The first kappa shape index (κ1) is 16.3. The van der Waals surface area contributed by atoms with Crippen LogP contribution in [0.2, 0.25) is 0 Å². The van der Waals surface area contributed by atoms with Crippen LogP contribution in [0.5, 0.6) is 0 Å². The fraction of sp³-hybridized carbons (Fsp3) is 0.368. The first-order valence-electron chi connectivity index (χ1n) is 8.27. The molecule has 2 amide bonds. The molecule has 5 heteroatoms. The number of anilines is 1. The molecule has 3 rings (SSSR count). The molecule has 24 heavy (non-hydrogen) atoms. The summed E-state index contributed by atoms with van der Waals surface area (Å²) in [4.78, 5) is 26.9. The van der Waals surface area contributed by atoms with Gasteiger partial charge in [-0.15, -0.1) is 0 Å². The summed E-state index contributed by atoms with van der Waals surface area (Å²) in [6.07, 6.45) is 1.63. The Kier molecular flexibility index (Phi) is 4.69. The summed E-state index contributed by atoms with van der Waals surface area (Å²) in [5.74, 6) is 1.09. The summed E-state index contributed by atoms with van der Waals surface area (Å²) in [5, 5.41) is 2.93. The number of benzene rings is 1. The van der Waals surface area contributed by atoms with Crippen LogP contribution in [0.15, 0.2) is 40.8 Å². The lowest BCUT2D eigenvalue weighted by molar-refractivity contribution is -0.121. The molecule has 1 saturated heterocycles. The molecule has 1 aliphatic heterocycles. The molecule has 1 atom stereocenters. The summed E-state index contributed by atoms with van der Waals surface area (Å²) in [7, 11) is 0. The van der Waals surface area contributed by atoms with Crippen LogP contribution in [-0.4, -0.2) is 29.8 Å². The van der Waals surface area contributed by atoms with E-state index in [2.05, 4.69) is 5.32 Å². The highest BCUT2D eigenvalue weighted by Gasteiger charge is 2.30. The van der Waals surface area contributed by atoms with E-state index in [-0.39, 0.29) is 17.7 Å². The van der Waals surface area contributed by atoms with Crippen molar-refractivity contribution in [2.24, 2.45) is 5.92 Å². The predicted molar refractivity (Wildman–Crippen MR) is 91.9 cm³/mol. The maximum Gasteiger partial charge on any atom is 0.257 e. The van der Waals surface area contributed by atoms with E-state index in [1.54, 1.807) is 17.9 Å². The van der Waals surface area contributed by atoms with Crippen LogP contribution in [0.4, 0.5) is 5.69 Å². The third-order valence-corrected chi connectivity index (χ3v) is 4.39. The van der Waals surface area contributed by atoms with Gasteiger partial charge in [0, 0.05) is 18.8 Å². The van der Waals surface area contributed by atoms with Crippen molar-refractivity contribution in [2.45, 2.75) is 26.7 Å². The molecule has 1 N–H and O–H groups in total. The predicted octanol–water partition coefficient (Wildman–Crippen LogP) is 3.39. The smallest absolute Gasteiger partial charge is 0.257 e. The van der Waals surface area contributed by atoms with Crippen LogP contribution >= 0.6 is 0 Å². The number of piperidine rings is 1. The summed E-state index contributed by atoms with van der Waals surface area (Å²) < 4.78 is 5.45. The number of aryl methyl sites for hydroxylation is 2. The maximum atomic E-state index is 12.7. The summed E-state index contributed by atoms with van der Waals surface area (Å²) in [6, 6.07) is 11.2. The average Bonchev–Trinajstić information content (AvgIpc) is 2.93. The van der Waals surface area contributed by atoms with Crippen molar-refractivity contribution in [3.8, 4) is 0 Å². The molecule has 1 aromatic carbocycles. The quantitative estimate of drug-likeness (QED) is 0.940. The van der Waals surface area contributed by atoms with Crippen LogP contribution in [0.1, 0.15) is 34.7 Å². The number of amides is 2. The molecule has 5 nitrogen and oxygen atoms in total. The third kappa shape index (κ3) is 3.50. The van der Waals surface area contributed by atoms with E-state index in [4.69, 9.17) is 4.42 Å². The van der Waals surface area contributed by atoms with E-state index in [0.717, 1.165) is 24.3 Å². The fourth-order valence-corrected chi connectivity index (χ4v) is 3.15. The highest BCUT2D eigenvalue weighted by molar-refractivity contribution is 5.97. The summed E-state index contributed by atoms with van der Waals surface area (Å²) >= 11 is 0. The van der Waals surface area contributed by atoms with Crippen LogP contribution in [0.3, 0.4) is 0 Å². The van der Waals surface area contributed by atoms with Gasteiger partial charge in [0.15, 0.2) is 0 Å². The van der Waals surface area contributed by atoms with Gasteiger partial charge >= 0.3 is 0 Å². The van der Waals surface area contributed by atoms with Crippen molar-refractivity contribution in [1.82, 2.24) is 4.90 Å². The number of para-hydroxylation sites is 1. The Bertz CT molecular complexity index is 736. The molecular formula is C19H22N2O3. The number of hydrogen-bond donors (Lipinski definition) is 1. The van der Waals surface area contributed by atoms with Crippen LogP contribution in [-0.2, 0) is 4.79 Å². The van der Waals surface area contributed by atoms with Gasteiger partial charge in [0.2, 0.25) is 5.91 Å². The lowest BCUT2D eigenvalue weighted by Crippen LogP contribution is -2.43. The molecule has 0 saturated carbocycles. The molecule has 1 aliphatic rings. The Morgan fingerprint density at radius 2 is 1.96 bits per heavy atom. The van der Waals surface area contributed by atoms with Crippen LogP contribution in [0.25, 0.3) is 0 Å². The minimum absolute atomic E-state index is 0.0289. The number of carbonyl (C=O) groups excluding carboxylic acids is 2. The largest absolute Gasteiger partial charge is 0.466 e. The standard InChI is InChI=1S/C19H22N2O3/c1-13-11-17(14(2)24-13)19(23)21-10-6-7-15(12-21)18(22)20-16-8-4-3-5-9-16/h3-5,8-9,11,15H,6-7,10,12H2,1-2H3,(H,20,22)/t15-/m1/s1. The van der Waals surface area contributed by atoms with Crippen LogP contribution in [0, 0.1) is 19.8 Å². The zero-order chi connectivity index (χ0) is 17.1. The molecule has 2 aromatic rings. The number of hydrogen-bond acceptors (Lipinski definition) is 3. The second-order valence-electron chi connectivity index (χ2n) is 6.27. The highest BCUT2D eigenvalue weighted by Crippen LogP contribution is 2.23. The van der Waals surface area contributed by atoms with Gasteiger partial charge in [-0.1, -0.05) is 18.2 Å². The Morgan fingerprint density at radius 1 is 1.21 bits per heavy atom. The van der Waals surface area contributed by atoms with Gasteiger partial charge in [0.25, 0.3) is 5.91 Å². The zero-order valence-corrected chi connectivity index (χ0v) is 14.0. The molecular weight excluding hydrogens is 304 g/mol. The minimum atomic E-state index is -0.184. The van der Waals surface area contributed by atoms with Gasteiger partial charge in [-0.25, -0.2) is 0 Å². The van der Waals surface area contributed by atoms with Gasteiger partial charge in [0.1, 0.15) is 11.5 Å². The van der Waals surface area contributed by atoms with E-state index in [1.807, 2.05) is 37.3 Å². The Morgan fingerprint density at radius 3 is 2.62 bits per heavy atom. The van der Waals surface area contributed by atoms with E-state index >= 15 is 0 Å². The van der Waals surface area contributed by atoms with Crippen molar-refractivity contribution in [1.29, 1.82) is 0 Å². The Labute approximate surface area is 141 Å². The second-order valence-corrected chi connectivity index (χ2v) is 6.27. The maximum absolute atomic E-state index is 12.7. The molecule has 0 unspecified atom stereocenters. The Balaban J connectivity index is 1.66. The molecule has 126 valence electrons. The molecule has 0 spiro atoms. The number of nitrogens with zero attached hydrogens (tertiary/aromatic N) is 1. The summed E-state index contributed by atoms with van der Waals surface area (Å²) in [6.45, 7) is 4.75. The lowest BCUT2D eigenvalue weighted by atomic mass is 9.96. The van der Waals surface area contributed by atoms with Gasteiger partial charge in [-0.3, -0.25) is 9.59 Å². The average molecular weight is 326 g/mol. The number of furan rings is 1. The monoisotopic (exact) mass is 326 g/mol. The number of likely N-dealkylation sites (tertiary alicyclic amines) is 1. The highest BCUT2D eigenvalue weighted by atomic mass is 16.3. The van der Waals surface area contributed by atoms with E-state index in [1.165, 1.54) is 0 Å². The number of carbonyl (C=O) groups is 2. The second kappa shape index (κ2) is 6.91. The molecule has 0 radical (unpaired) electrons. The third-order valence-electron chi connectivity index (χ3n) is 4.39. The number of nitrogens with one attached hydrogen (secondary N) is 1. The van der Waals surface area contributed by atoms with E-state index in [0.29, 0.717) is 24.4 Å². The topological polar surface area (TPSA) is 62.6 Å². The van der Waals surface area contributed by atoms with Gasteiger partial charge in [0.05, 0.1) is 11.5 Å². The first-order chi connectivity index (χ1) is 11.5. The van der Waals surface area contributed by atoms with Gasteiger partial charge in [-0.05, 0) is 44.9 Å². The van der Waals surface area contributed by atoms with Crippen molar-refractivity contribution in [2.75, 3.05) is 18.4 Å². The van der Waals surface area contributed by atoms with Crippen molar-refractivity contribution < 1.29 is 14.0 Å². The molecule has 2 heterocycles. The lowest BCUT2D eigenvalue weighted by Gasteiger charge is -2.32. The fourth-order valence-electron chi connectivity index (χ4n) is 3.15. The van der Waals surface area contributed by atoms with Crippen LogP contribution < -0.4 is 5.32 Å². The Hall–Kier alpha value is -2.56. The van der Waals surface area contributed by atoms with Crippen molar-refractivity contribution >= 4 is 17.5 Å².